The second-order valence-corrected chi connectivity index (χ2v) is 5.88. The quantitative estimate of drug-likeness (QED) is 0.673. The number of hydrogen-bond acceptors (Lipinski definition) is 4. The highest BCUT2D eigenvalue weighted by Crippen LogP contribution is 2.25. The number of carbonyl (C=O) groups excluding carboxylic acids is 2. The summed E-state index contributed by atoms with van der Waals surface area (Å²) in [7, 11) is 0. The van der Waals surface area contributed by atoms with Gasteiger partial charge in [-0.2, -0.15) is 0 Å². The Labute approximate surface area is 157 Å². The Bertz CT molecular complexity index is 965. The average Bonchev–Trinajstić information content (AvgIpc) is 3.08. The van der Waals surface area contributed by atoms with Crippen LogP contribution in [-0.4, -0.2) is 34.4 Å². The normalized spacial score (nSPS) is 10.6. The molecular weight excluding hydrogens is 344 g/mol. The summed E-state index contributed by atoms with van der Waals surface area (Å²) in [5, 5.41) is 5.62. The molecule has 2 aromatic heterocycles. The fourth-order valence-corrected chi connectivity index (χ4v) is 2.72. The van der Waals surface area contributed by atoms with Gasteiger partial charge >= 0.3 is 0 Å². The minimum absolute atomic E-state index is 0.183. The van der Waals surface area contributed by atoms with E-state index in [2.05, 4.69) is 15.6 Å². The molecule has 2 N–H and O–H groups in total. The van der Waals surface area contributed by atoms with Crippen LogP contribution in [0.15, 0.2) is 48.7 Å². The van der Waals surface area contributed by atoms with Crippen LogP contribution in [0.3, 0.4) is 0 Å². The van der Waals surface area contributed by atoms with E-state index in [1.54, 1.807) is 40.9 Å². The first-order valence-electron chi connectivity index (χ1n) is 8.94. The van der Waals surface area contributed by atoms with Gasteiger partial charge in [0.05, 0.1) is 17.8 Å². The summed E-state index contributed by atoms with van der Waals surface area (Å²) in [4.78, 5) is 29.6. The van der Waals surface area contributed by atoms with Gasteiger partial charge in [0.1, 0.15) is 5.75 Å². The second-order valence-electron chi connectivity index (χ2n) is 5.88. The Morgan fingerprint density at radius 1 is 1.07 bits per heavy atom. The Kier molecular flexibility index (Phi) is 5.71. The third kappa shape index (κ3) is 3.92. The molecule has 3 aromatic rings. The standard InChI is InChI=1S/C20H22N4O3/c1-3-12-21-20(26)18-23-17(15-10-7-8-13-24(15)18)19(25)22-14-9-5-6-11-16(14)27-4-2/h5-11,13H,3-4,12H2,1-2H3,(H,21,26)(H,22,25). The SMILES string of the molecule is CCCNC(=O)c1nc(C(=O)Nc2ccccc2OCC)c2ccccn12. The number of ether oxygens (including phenoxy) is 1. The van der Waals surface area contributed by atoms with E-state index in [0.29, 0.717) is 30.1 Å². The van der Waals surface area contributed by atoms with Crippen molar-refractivity contribution in [3.8, 4) is 5.75 Å². The number of carbonyl (C=O) groups is 2. The van der Waals surface area contributed by atoms with Crippen LogP contribution in [0.25, 0.3) is 5.52 Å². The molecule has 7 nitrogen and oxygen atoms in total. The lowest BCUT2D eigenvalue weighted by atomic mass is 10.2. The van der Waals surface area contributed by atoms with Crippen molar-refractivity contribution in [1.29, 1.82) is 0 Å². The van der Waals surface area contributed by atoms with Gasteiger partial charge in [0.15, 0.2) is 5.69 Å². The van der Waals surface area contributed by atoms with Crippen LogP contribution in [0.2, 0.25) is 0 Å². The molecule has 0 saturated carbocycles. The van der Waals surface area contributed by atoms with Crippen molar-refractivity contribution in [1.82, 2.24) is 14.7 Å². The molecule has 0 bridgehead atoms. The molecule has 0 aliphatic rings. The summed E-state index contributed by atoms with van der Waals surface area (Å²) in [5.41, 5.74) is 1.30. The zero-order valence-electron chi connectivity index (χ0n) is 15.4. The molecule has 1 aromatic carbocycles. The van der Waals surface area contributed by atoms with Gasteiger partial charge < -0.3 is 15.4 Å². The third-order valence-electron chi connectivity index (χ3n) is 3.94. The van der Waals surface area contributed by atoms with Crippen molar-refractivity contribution in [2.75, 3.05) is 18.5 Å². The number of amides is 2. The molecule has 2 heterocycles. The van der Waals surface area contributed by atoms with Gasteiger partial charge in [-0.15, -0.1) is 0 Å². The second kappa shape index (κ2) is 8.35. The summed E-state index contributed by atoms with van der Waals surface area (Å²) in [6.07, 6.45) is 2.53. The molecule has 3 rings (SSSR count). The highest BCUT2D eigenvalue weighted by atomic mass is 16.5. The van der Waals surface area contributed by atoms with E-state index in [1.165, 1.54) is 0 Å². The maximum atomic E-state index is 12.9. The molecule has 27 heavy (non-hydrogen) atoms. The van der Waals surface area contributed by atoms with E-state index >= 15 is 0 Å². The van der Waals surface area contributed by atoms with E-state index in [1.807, 2.05) is 26.0 Å². The molecule has 0 unspecified atom stereocenters. The zero-order valence-corrected chi connectivity index (χ0v) is 15.4. The molecule has 0 atom stereocenters. The first-order chi connectivity index (χ1) is 13.2. The molecule has 0 saturated heterocycles. The Morgan fingerprint density at radius 2 is 1.85 bits per heavy atom. The predicted molar refractivity (Wildman–Crippen MR) is 103 cm³/mol. The number of para-hydroxylation sites is 2. The lowest BCUT2D eigenvalue weighted by Gasteiger charge is -2.10. The summed E-state index contributed by atoms with van der Waals surface area (Å²) in [6, 6.07) is 12.5. The van der Waals surface area contributed by atoms with Crippen molar-refractivity contribution in [3.05, 3.63) is 60.2 Å². The van der Waals surface area contributed by atoms with Crippen LogP contribution >= 0.6 is 0 Å². The Balaban J connectivity index is 1.95. The van der Waals surface area contributed by atoms with Crippen LogP contribution in [0.4, 0.5) is 5.69 Å². The van der Waals surface area contributed by atoms with Crippen molar-refractivity contribution >= 4 is 23.0 Å². The van der Waals surface area contributed by atoms with Gasteiger partial charge in [0.2, 0.25) is 5.82 Å². The molecule has 140 valence electrons. The van der Waals surface area contributed by atoms with Crippen molar-refractivity contribution < 1.29 is 14.3 Å². The first kappa shape index (κ1) is 18.4. The Morgan fingerprint density at radius 3 is 2.63 bits per heavy atom. The number of benzene rings is 1. The van der Waals surface area contributed by atoms with Gasteiger partial charge in [0, 0.05) is 12.7 Å². The van der Waals surface area contributed by atoms with Gasteiger partial charge in [-0.25, -0.2) is 4.98 Å². The van der Waals surface area contributed by atoms with E-state index in [4.69, 9.17) is 4.74 Å². The van der Waals surface area contributed by atoms with Crippen LogP contribution in [-0.2, 0) is 0 Å². The summed E-state index contributed by atoms with van der Waals surface area (Å²) >= 11 is 0. The van der Waals surface area contributed by atoms with Crippen LogP contribution in [0, 0.1) is 0 Å². The molecule has 0 fully saturated rings. The number of rotatable bonds is 7. The maximum Gasteiger partial charge on any atom is 0.287 e. The molecule has 0 aliphatic carbocycles. The van der Waals surface area contributed by atoms with Crippen molar-refractivity contribution in [2.45, 2.75) is 20.3 Å². The first-order valence-corrected chi connectivity index (χ1v) is 8.94. The highest BCUT2D eigenvalue weighted by molar-refractivity contribution is 6.09. The summed E-state index contributed by atoms with van der Waals surface area (Å²) in [6.45, 7) is 4.88. The maximum absolute atomic E-state index is 12.9. The van der Waals surface area contributed by atoms with Crippen molar-refractivity contribution in [3.63, 3.8) is 0 Å². The molecular formula is C20H22N4O3. The van der Waals surface area contributed by atoms with E-state index in [0.717, 1.165) is 6.42 Å². The van der Waals surface area contributed by atoms with Crippen LogP contribution < -0.4 is 15.4 Å². The summed E-state index contributed by atoms with van der Waals surface area (Å²) in [5.74, 6) is 0.0484. The third-order valence-corrected chi connectivity index (χ3v) is 3.94. The zero-order chi connectivity index (χ0) is 19.2. The number of hydrogen-bond donors (Lipinski definition) is 2. The number of nitrogens with one attached hydrogen (secondary N) is 2. The molecule has 0 radical (unpaired) electrons. The smallest absolute Gasteiger partial charge is 0.287 e. The van der Waals surface area contributed by atoms with Gasteiger partial charge in [0.25, 0.3) is 11.8 Å². The van der Waals surface area contributed by atoms with Crippen molar-refractivity contribution in [2.24, 2.45) is 0 Å². The van der Waals surface area contributed by atoms with Crippen LogP contribution in [0.5, 0.6) is 5.75 Å². The molecule has 0 spiro atoms. The molecule has 7 heteroatoms. The molecule has 0 aliphatic heterocycles. The topological polar surface area (TPSA) is 84.7 Å². The van der Waals surface area contributed by atoms with Crippen LogP contribution in [0.1, 0.15) is 41.4 Å². The number of aromatic nitrogens is 2. The largest absolute Gasteiger partial charge is 0.492 e. The molecule has 2 amide bonds. The number of fused-ring (bicyclic) bond motifs is 1. The lowest BCUT2D eigenvalue weighted by Crippen LogP contribution is -2.26. The highest BCUT2D eigenvalue weighted by Gasteiger charge is 2.21. The van der Waals surface area contributed by atoms with Gasteiger partial charge in [-0.1, -0.05) is 25.1 Å². The lowest BCUT2D eigenvalue weighted by molar-refractivity contribution is 0.0942. The van der Waals surface area contributed by atoms with E-state index in [9.17, 15) is 9.59 Å². The number of nitrogens with zero attached hydrogens (tertiary/aromatic N) is 2. The summed E-state index contributed by atoms with van der Waals surface area (Å²) < 4.78 is 7.16. The number of pyridine rings is 1. The average molecular weight is 366 g/mol. The Hall–Kier alpha value is -3.35. The van der Waals surface area contributed by atoms with Gasteiger partial charge in [-0.3, -0.25) is 14.0 Å². The fraction of sp³-hybridized carbons (Fsp3) is 0.250. The van der Waals surface area contributed by atoms with E-state index < -0.39 is 5.91 Å². The minimum Gasteiger partial charge on any atom is -0.492 e. The minimum atomic E-state index is -0.402. The monoisotopic (exact) mass is 366 g/mol. The fourth-order valence-electron chi connectivity index (χ4n) is 2.72. The number of anilines is 1. The van der Waals surface area contributed by atoms with E-state index in [-0.39, 0.29) is 17.4 Å². The van der Waals surface area contributed by atoms with Gasteiger partial charge in [-0.05, 0) is 37.6 Å². The number of imidazole rings is 1. The predicted octanol–water partition coefficient (Wildman–Crippen LogP) is 3.13.